The van der Waals surface area contributed by atoms with Gasteiger partial charge in [0.25, 0.3) is 0 Å². The van der Waals surface area contributed by atoms with Crippen LogP contribution in [0.25, 0.3) is 0 Å². The third-order valence-electron chi connectivity index (χ3n) is 1.71. The highest BCUT2D eigenvalue weighted by molar-refractivity contribution is 4.66. The fourth-order valence-electron chi connectivity index (χ4n) is 1.08. The minimum absolute atomic E-state index is 0.0764. The average molecular weight is 129 g/mol. The Balaban J connectivity index is 3.43. The fraction of sp³-hybridized carbons (Fsp3) is 1.00. The summed E-state index contributed by atoms with van der Waals surface area (Å²) < 4.78 is 0. The second-order valence-electron chi connectivity index (χ2n) is 3.37. The van der Waals surface area contributed by atoms with E-state index in [1.807, 2.05) is 0 Å². The maximum absolute atomic E-state index is 10.2. The van der Waals surface area contributed by atoms with Crippen LogP contribution in [0.3, 0.4) is 0 Å². The van der Waals surface area contributed by atoms with Crippen LogP contribution in [-0.2, 0) is 5.11 Å². The Labute approximate surface area is 58.1 Å². The van der Waals surface area contributed by atoms with Gasteiger partial charge in [-0.3, -0.25) is 0 Å². The van der Waals surface area contributed by atoms with Gasteiger partial charge in [-0.15, -0.1) is 0 Å². The Kier molecular flexibility index (Phi) is 3.87. The van der Waals surface area contributed by atoms with E-state index in [9.17, 15) is 5.11 Å². The normalized spacial score (nSPS) is 12.0. The summed E-state index contributed by atoms with van der Waals surface area (Å²) in [6.45, 7) is 6.56. The smallest absolute Gasteiger partial charge is 0.0827 e. The van der Waals surface area contributed by atoms with Crippen molar-refractivity contribution in [3.05, 3.63) is 0 Å². The van der Waals surface area contributed by atoms with E-state index in [0.717, 1.165) is 6.42 Å². The molecule has 1 radical (unpaired) electrons. The highest BCUT2D eigenvalue weighted by Crippen LogP contribution is 2.25. The molecule has 0 saturated heterocycles. The number of rotatable bonds is 4. The van der Waals surface area contributed by atoms with Crippen LogP contribution in [0.1, 0.15) is 40.0 Å². The zero-order chi connectivity index (χ0) is 7.33. The van der Waals surface area contributed by atoms with Gasteiger partial charge < -0.3 is 0 Å². The van der Waals surface area contributed by atoms with Gasteiger partial charge in [-0.05, 0) is 18.3 Å². The van der Waals surface area contributed by atoms with Gasteiger partial charge in [-0.2, -0.15) is 0 Å². The molecule has 0 spiro atoms. The van der Waals surface area contributed by atoms with Gasteiger partial charge in [0.15, 0.2) is 0 Å². The first-order valence-electron chi connectivity index (χ1n) is 3.70. The van der Waals surface area contributed by atoms with Crippen molar-refractivity contribution in [1.29, 1.82) is 0 Å². The second kappa shape index (κ2) is 3.89. The van der Waals surface area contributed by atoms with E-state index in [1.54, 1.807) is 0 Å². The van der Waals surface area contributed by atoms with Crippen molar-refractivity contribution in [2.75, 3.05) is 6.61 Å². The number of hydrogen-bond donors (Lipinski definition) is 0. The molecule has 55 valence electrons. The molecule has 0 N–H and O–H groups in total. The van der Waals surface area contributed by atoms with E-state index in [2.05, 4.69) is 20.8 Å². The van der Waals surface area contributed by atoms with Crippen molar-refractivity contribution in [2.45, 2.75) is 40.0 Å². The largest absolute Gasteiger partial charge is 0.237 e. The van der Waals surface area contributed by atoms with Crippen LogP contribution >= 0.6 is 0 Å². The molecule has 0 amide bonds. The molecule has 0 atom stereocenters. The lowest BCUT2D eigenvalue weighted by Gasteiger charge is -2.21. The van der Waals surface area contributed by atoms with Crippen LogP contribution in [0.15, 0.2) is 0 Å². The lowest BCUT2D eigenvalue weighted by molar-refractivity contribution is 0.139. The summed E-state index contributed by atoms with van der Waals surface area (Å²) in [6.07, 6.45) is 3.18. The maximum Gasteiger partial charge on any atom is 0.0827 e. The second-order valence-corrected chi connectivity index (χ2v) is 3.37. The van der Waals surface area contributed by atoms with Crippen LogP contribution in [0.2, 0.25) is 0 Å². The molecule has 1 nitrogen and oxygen atoms in total. The summed E-state index contributed by atoms with van der Waals surface area (Å²) in [5.74, 6) is 0. The molecule has 0 aromatic heterocycles. The van der Waals surface area contributed by atoms with E-state index in [-0.39, 0.29) is 12.0 Å². The molecule has 0 saturated carbocycles. The van der Waals surface area contributed by atoms with Crippen LogP contribution in [0.5, 0.6) is 0 Å². The van der Waals surface area contributed by atoms with Crippen molar-refractivity contribution in [1.82, 2.24) is 0 Å². The van der Waals surface area contributed by atoms with Crippen molar-refractivity contribution in [3.63, 3.8) is 0 Å². The molecule has 0 aliphatic rings. The molecular weight excluding hydrogens is 112 g/mol. The third kappa shape index (κ3) is 4.46. The first-order valence-corrected chi connectivity index (χ1v) is 3.70. The predicted molar refractivity (Wildman–Crippen MR) is 38.9 cm³/mol. The van der Waals surface area contributed by atoms with Gasteiger partial charge in [-0.1, -0.05) is 27.2 Å². The summed E-state index contributed by atoms with van der Waals surface area (Å²) in [5.41, 5.74) is 0.288. The Morgan fingerprint density at radius 3 is 2.11 bits per heavy atom. The third-order valence-corrected chi connectivity index (χ3v) is 1.71. The quantitative estimate of drug-likeness (QED) is 0.556. The van der Waals surface area contributed by atoms with Crippen molar-refractivity contribution >= 4 is 0 Å². The molecule has 0 unspecified atom stereocenters. The highest BCUT2D eigenvalue weighted by Gasteiger charge is 2.14. The highest BCUT2D eigenvalue weighted by atomic mass is 16.3. The van der Waals surface area contributed by atoms with E-state index in [1.165, 1.54) is 12.8 Å². The van der Waals surface area contributed by atoms with Gasteiger partial charge in [0.05, 0.1) is 6.61 Å². The van der Waals surface area contributed by atoms with Gasteiger partial charge in [0.1, 0.15) is 0 Å². The maximum atomic E-state index is 10.2. The van der Waals surface area contributed by atoms with E-state index in [0.29, 0.717) is 0 Å². The first-order chi connectivity index (χ1) is 4.12. The summed E-state index contributed by atoms with van der Waals surface area (Å²) in [5, 5.41) is 10.2. The molecule has 9 heavy (non-hydrogen) atoms. The molecule has 0 heterocycles. The van der Waals surface area contributed by atoms with Crippen LogP contribution in [0.4, 0.5) is 0 Å². The molecule has 0 rings (SSSR count). The average Bonchev–Trinajstić information content (AvgIpc) is 1.64. The predicted octanol–water partition coefficient (Wildman–Crippen LogP) is 2.63. The lowest BCUT2D eigenvalue weighted by Crippen LogP contribution is -2.11. The molecular formula is C8H17O. The molecule has 0 aliphatic carbocycles. The number of hydrogen-bond acceptors (Lipinski definition) is 0. The van der Waals surface area contributed by atoms with Crippen LogP contribution in [0, 0.1) is 5.41 Å². The first kappa shape index (κ1) is 8.96. The Morgan fingerprint density at radius 2 is 1.78 bits per heavy atom. The van der Waals surface area contributed by atoms with E-state index < -0.39 is 0 Å². The molecule has 1 heteroatoms. The standard InChI is InChI=1S/C8H17O/c1-4-5-8(2,3)6-7-9/h4-7H2,1-3H3. The van der Waals surface area contributed by atoms with Crippen molar-refractivity contribution in [2.24, 2.45) is 5.41 Å². The monoisotopic (exact) mass is 129 g/mol. The molecule has 0 aromatic carbocycles. The summed E-state index contributed by atoms with van der Waals surface area (Å²) in [6, 6.07) is 0. The zero-order valence-corrected chi connectivity index (χ0v) is 6.74. The van der Waals surface area contributed by atoms with Gasteiger partial charge >= 0.3 is 0 Å². The Hall–Kier alpha value is -0.0400. The van der Waals surface area contributed by atoms with Crippen molar-refractivity contribution in [3.8, 4) is 0 Å². The lowest BCUT2D eigenvalue weighted by atomic mass is 9.85. The molecule has 0 bridgehead atoms. The topological polar surface area (TPSA) is 19.9 Å². The minimum Gasteiger partial charge on any atom is -0.237 e. The van der Waals surface area contributed by atoms with E-state index >= 15 is 0 Å². The van der Waals surface area contributed by atoms with Gasteiger partial charge in [0, 0.05) is 0 Å². The molecule has 0 fully saturated rings. The fourth-order valence-corrected chi connectivity index (χ4v) is 1.08. The zero-order valence-electron chi connectivity index (χ0n) is 6.74. The van der Waals surface area contributed by atoms with Gasteiger partial charge in [-0.25, -0.2) is 5.11 Å². The van der Waals surface area contributed by atoms with Crippen molar-refractivity contribution < 1.29 is 5.11 Å². The minimum atomic E-state index is 0.0764. The van der Waals surface area contributed by atoms with E-state index in [4.69, 9.17) is 0 Å². The van der Waals surface area contributed by atoms with Crippen LogP contribution in [-0.4, -0.2) is 6.61 Å². The Morgan fingerprint density at radius 1 is 1.22 bits per heavy atom. The summed E-state index contributed by atoms with van der Waals surface area (Å²) in [4.78, 5) is 0. The molecule has 0 aliphatic heterocycles. The van der Waals surface area contributed by atoms with Gasteiger partial charge in [0.2, 0.25) is 0 Å². The Bertz CT molecular complexity index is 59.0. The van der Waals surface area contributed by atoms with Crippen LogP contribution < -0.4 is 0 Å². The SMILES string of the molecule is CCCC(C)(C)CC[O]. The molecule has 0 aromatic rings. The summed E-state index contributed by atoms with van der Waals surface area (Å²) in [7, 11) is 0. The summed E-state index contributed by atoms with van der Waals surface area (Å²) >= 11 is 0.